The fourth-order valence-corrected chi connectivity index (χ4v) is 4.58. The van der Waals surface area contributed by atoms with Gasteiger partial charge in [-0.1, -0.05) is 11.3 Å². The van der Waals surface area contributed by atoms with Crippen molar-refractivity contribution in [2.45, 2.75) is 13.8 Å². The molecule has 162 valence electrons. The van der Waals surface area contributed by atoms with Crippen molar-refractivity contribution in [3.8, 4) is 0 Å². The molecule has 0 bridgehead atoms. The van der Waals surface area contributed by atoms with Crippen molar-refractivity contribution < 1.29 is 14.5 Å². The number of non-ortho nitro benzene ring substituents is 1. The van der Waals surface area contributed by atoms with Gasteiger partial charge in [0.25, 0.3) is 11.6 Å². The maximum atomic E-state index is 13.4. The Morgan fingerprint density at radius 1 is 1.19 bits per heavy atom. The number of nitrogens with zero attached hydrogens (tertiary/aromatic N) is 4. The molecule has 31 heavy (non-hydrogen) atoms. The minimum absolute atomic E-state index is 0.0395. The number of rotatable bonds is 6. The van der Waals surface area contributed by atoms with Gasteiger partial charge in [-0.05, 0) is 49.2 Å². The summed E-state index contributed by atoms with van der Waals surface area (Å²) < 4.78 is 6.45. The topological polar surface area (TPSA) is 88.8 Å². The normalized spacial score (nSPS) is 14.6. The number of nitro groups is 1. The second-order valence-electron chi connectivity index (χ2n) is 7.62. The highest BCUT2D eigenvalue weighted by Gasteiger charge is 2.23. The van der Waals surface area contributed by atoms with Gasteiger partial charge in [0.15, 0.2) is 5.13 Å². The van der Waals surface area contributed by atoms with Gasteiger partial charge in [0.2, 0.25) is 0 Å². The molecule has 0 radical (unpaired) electrons. The van der Waals surface area contributed by atoms with Crippen LogP contribution in [0.1, 0.15) is 21.5 Å². The molecule has 0 unspecified atom stereocenters. The molecule has 1 aliphatic rings. The van der Waals surface area contributed by atoms with Crippen molar-refractivity contribution in [3.63, 3.8) is 0 Å². The molecule has 4 rings (SSSR count). The lowest BCUT2D eigenvalue weighted by Gasteiger charge is -2.29. The summed E-state index contributed by atoms with van der Waals surface area (Å²) >= 11 is 1.49. The van der Waals surface area contributed by atoms with Gasteiger partial charge >= 0.3 is 0 Å². The Balaban J connectivity index is 1.64. The van der Waals surface area contributed by atoms with E-state index in [1.165, 1.54) is 41.2 Å². The zero-order valence-corrected chi connectivity index (χ0v) is 18.4. The van der Waals surface area contributed by atoms with Gasteiger partial charge in [-0.15, -0.1) is 0 Å². The molecule has 1 saturated heterocycles. The average molecular weight is 441 g/mol. The van der Waals surface area contributed by atoms with Crippen LogP contribution in [0.3, 0.4) is 0 Å². The Kier molecular flexibility index (Phi) is 6.26. The molecule has 0 atom stereocenters. The SMILES string of the molecule is Cc1cc2nc(N(CCN3CCOCC3)C(=O)c3ccc([N+](=O)[O-])cc3)sc2cc1C. The first kappa shape index (κ1) is 21.4. The van der Waals surface area contributed by atoms with Crippen molar-refractivity contribution in [1.82, 2.24) is 9.88 Å². The van der Waals surface area contributed by atoms with Crippen LogP contribution in [-0.4, -0.2) is 60.1 Å². The van der Waals surface area contributed by atoms with Crippen molar-refractivity contribution in [2.75, 3.05) is 44.3 Å². The van der Waals surface area contributed by atoms with E-state index in [2.05, 4.69) is 17.9 Å². The number of fused-ring (bicyclic) bond motifs is 1. The van der Waals surface area contributed by atoms with E-state index in [0.29, 0.717) is 37.0 Å². The van der Waals surface area contributed by atoms with E-state index in [9.17, 15) is 14.9 Å². The predicted molar refractivity (Wildman–Crippen MR) is 121 cm³/mol. The molecular weight excluding hydrogens is 416 g/mol. The number of ether oxygens (including phenoxy) is 1. The van der Waals surface area contributed by atoms with E-state index in [0.717, 1.165) is 28.9 Å². The van der Waals surface area contributed by atoms with E-state index in [1.807, 2.05) is 13.0 Å². The van der Waals surface area contributed by atoms with Gasteiger partial charge < -0.3 is 4.74 Å². The lowest BCUT2D eigenvalue weighted by atomic mass is 10.1. The van der Waals surface area contributed by atoms with Crippen LogP contribution in [0.2, 0.25) is 0 Å². The highest BCUT2D eigenvalue weighted by atomic mass is 32.1. The average Bonchev–Trinajstić information content (AvgIpc) is 3.17. The zero-order chi connectivity index (χ0) is 22.0. The monoisotopic (exact) mass is 440 g/mol. The largest absolute Gasteiger partial charge is 0.379 e. The molecule has 1 amide bonds. The summed E-state index contributed by atoms with van der Waals surface area (Å²) in [5.74, 6) is -0.212. The fraction of sp³-hybridized carbons (Fsp3) is 0.364. The number of morpholine rings is 1. The zero-order valence-electron chi connectivity index (χ0n) is 17.5. The molecule has 8 nitrogen and oxygen atoms in total. The van der Waals surface area contributed by atoms with Crippen molar-refractivity contribution in [1.29, 1.82) is 0 Å². The molecule has 0 N–H and O–H groups in total. The van der Waals surface area contributed by atoms with Crippen molar-refractivity contribution >= 4 is 38.3 Å². The number of anilines is 1. The minimum atomic E-state index is -0.470. The number of carbonyl (C=O) groups is 1. The Labute approximate surface area is 184 Å². The van der Waals surface area contributed by atoms with Crippen LogP contribution in [0.5, 0.6) is 0 Å². The third kappa shape index (κ3) is 4.73. The molecular formula is C22H24N4O4S. The fourth-order valence-electron chi connectivity index (χ4n) is 3.52. The highest BCUT2D eigenvalue weighted by molar-refractivity contribution is 7.22. The first-order valence-electron chi connectivity index (χ1n) is 10.2. The number of hydrogen-bond acceptors (Lipinski definition) is 7. The van der Waals surface area contributed by atoms with Crippen LogP contribution in [0.15, 0.2) is 36.4 Å². The quantitative estimate of drug-likeness (QED) is 0.428. The Bertz CT molecular complexity index is 1070. The summed E-state index contributed by atoms with van der Waals surface area (Å²) in [6, 6.07) is 9.87. The number of benzene rings is 2. The maximum absolute atomic E-state index is 13.4. The summed E-state index contributed by atoms with van der Waals surface area (Å²) in [6.45, 7) is 8.34. The summed E-state index contributed by atoms with van der Waals surface area (Å²) in [5.41, 5.74) is 3.58. The van der Waals surface area contributed by atoms with Gasteiger partial charge in [-0.3, -0.25) is 24.7 Å². The number of amides is 1. The third-order valence-corrected chi connectivity index (χ3v) is 6.58. The summed E-state index contributed by atoms with van der Waals surface area (Å²) in [4.78, 5) is 32.6. The minimum Gasteiger partial charge on any atom is -0.379 e. The lowest BCUT2D eigenvalue weighted by molar-refractivity contribution is -0.384. The summed E-state index contributed by atoms with van der Waals surface area (Å²) in [7, 11) is 0. The number of thiazole rings is 1. The molecule has 2 aromatic carbocycles. The molecule has 0 aliphatic carbocycles. The lowest BCUT2D eigenvalue weighted by Crippen LogP contribution is -2.43. The number of hydrogen-bond donors (Lipinski definition) is 0. The van der Waals surface area contributed by atoms with Crippen LogP contribution in [0, 0.1) is 24.0 Å². The van der Waals surface area contributed by atoms with E-state index >= 15 is 0 Å². The van der Waals surface area contributed by atoms with Crippen LogP contribution in [-0.2, 0) is 4.74 Å². The van der Waals surface area contributed by atoms with Crippen LogP contribution >= 0.6 is 11.3 Å². The van der Waals surface area contributed by atoms with Crippen LogP contribution < -0.4 is 4.90 Å². The van der Waals surface area contributed by atoms with Gasteiger partial charge in [-0.2, -0.15) is 0 Å². The molecule has 1 aliphatic heterocycles. The summed E-state index contributed by atoms with van der Waals surface area (Å²) in [6.07, 6.45) is 0. The highest BCUT2D eigenvalue weighted by Crippen LogP contribution is 2.31. The van der Waals surface area contributed by atoms with E-state index in [1.54, 1.807) is 4.90 Å². The molecule has 0 saturated carbocycles. The smallest absolute Gasteiger partial charge is 0.269 e. The van der Waals surface area contributed by atoms with Crippen LogP contribution in [0.25, 0.3) is 10.2 Å². The van der Waals surface area contributed by atoms with Crippen molar-refractivity contribution in [2.24, 2.45) is 0 Å². The van der Waals surface area contributed by atoms with Gasteiger partial charge in [-0.25, -0.2) is 4.98 Å². The summed E-state index contributed by atoms with van der Waals surface area (Å²) in [5, 5.41) is 11.6. The van der Waals surface area contributed by atoms with Crippen molar-refractivity contribution in [3.05, 3.63) is 63.2 Å². The maximum Gasteiger partial charge on any atom is 0.269 e. The number of aromatic nitrogens is 1. The van der Waals surface area contributed by atoms with Crippen LogP contribution in [0.4, 0.5) is 10.8 Å². The standard InChI is InChI=1S/C22H24N4O4S/c1-15-13-19-20(14-16(15)2)31-22(23-19)25(8-7-24-9-11-30-12-10-24)21(27)17-3-5-18(6-4-17)26(28)29/h3-6,13-14H,7-12H2,1-2H3. The molecule has 0 spiro atoms. The van der Waals surface area contributed by atoms with E-state index in [4.69, 9.17) is 9.72 Å². The first-order chi connectivity index (χ1) is 14.9. The molecule has 2 heterocycles. The first-order valence-corrected chi connectivity index (χ1v) is 11.0. The van der Waals surface area contributed by atoms with Gasteiger partial charge in [0.1, 0.15) is 0 Å². The van der Waals surface area contributed by atoms with E-state index in [-0.39, 0.29) is 11.6 Å². The molecule has 9 heteroatoms. The van der Waals surface area contributed by atoms with E-state index < -0.39 is 4.92 Å². The molecule has 1 aromatic heterocycles. The third-order valence-electron chi connectivity index (χ3n) is 5.54. The van der Waals surface area contributed by atoms with Gasteiger partial charge in [0, 0.05) is 43.9 Å². The Morgan fingerprint density at radius 2 is 1.87 bits per heavy atom. The molecule has 3 aromatic rings. The second-order valence-corrected chi connectivity index (χ2v) is 8.62. The second kappa shape index (κ2) is 9.09. The number of carbonyl (C=O) groups excluding carboxylic acids is 1. The molecule has 1 fully saturated rings. The number of aryl methyl sites for hydroxylation is 2. The Hall–Kier alpha value is -2.88. The van der Waals surface area contributed by atoms with Gasteiger partial charge in [0.05, 0.1) is 28.4 Å². The predicted octanol–water partition coefficient (Wildman–Crippen LogP) is 3.80. The Morgan fingerprint density at radius 3 is 2.55 bits per heavy atom. The number of nitro benzene ring substituents is 1.